The van der Waals surface area contributed by atoms with E-state index in [0.29, 0.717) is 29.7 Å². The van der Waals surface area contributed by atoms with Crippen LogP contribution in [-0.4, -0.2) is 30.8 Å². The molecule has 2 atom stereocenters. The molecule has 1 heterocycles. The smallest absolute Gasteiger partial charge is 0.312 e. The average Bonchev–Trinajstić information content (AvgIpc) is 3.25. The summed E-state index contributed by atoms with van der Waals surface area (Å²) in [6.45, 7) is 3.95. The number of thiophene rings is 1. The predicted octanol–water partition coefficient (Wildman–Crippen LogP) is 5.00. The second-order valence-electron chi connectivity index (χ2n) is 10.9. The molecule has 0 radical (unpaired) electrons. The van der Waals surface area contributed by atoms with Crippen molar-refractivity contribution in [3.63, 3.8) is 0 Å². The van der Waals surface area contributed by atoms with E-state index >= 15 is 0 Å². The summed E-state index contributed by atoms with van der Waals surface area (Å²) in [6.07, 6.45) is 6.87. The van der Waals surface area contributed by atoms with Gasteiger partial charge in [-0.3, -0.25) is 14.4 Å². The molecule has 0 aliphatic heterocycles. The number of carbonyl (C=O) groups excluding carboxylic acids is 3. The number of ether oxygens (including phenoxy) is 1. The van der Waals surface area contributed by atoms with Crippen molar-refractivity contribution < 1.29 is 19.1 Å². The van der Waals surface area contributed by atoms with Crippen molar-refractivity contribution in [2.24, 2.45) is 17.3 Å². The highest BCUT2D eigenvalue weighted by molar-refractivity contribution is 7.14. The van der Waals surface area contributed by atoms with E-state index in [1.807, 2.05) is 6.07 Å². The highest BCUT2D eigenvalue weighted by Crippen LogP contribution is 2.66. The summed E-state index contributed by atoms with van der Waals surface area (Å²) in [4.78, 5) is 38.9. The minimum Gasteiger partial charge on any atom is -0.457 e. The zero-order valence-corrected chi connectivity index (χ0v) is 20.8. The minimum atomic E-state index is -0.450. The first kappa shape index (κ1) is 23.3. The van der Waals surface area contributed by atoms with E-state index < -0.39 is 5.41 Å². The van der Waals surface area contributed by atoms with Crippen LogP contribution in [0.25, 0.3) is 0 Å². The molecule has 6 rings (SSSR count). The van der Waals surface area contributed by atoms with Gasteiger partial charge in [-0.05, 0) is 86.8 Å². The van der Waals surface area contributed by atoms with Crippen LogP contribution in [0.2, 0.25) is 0 Å². The third-order valence-electron chi connectivity index (χ3n) is 8.17. The number of aryl methyl sites for hydroxylation is 1. The van der Waals surface area contributed by atoms with Crippen molar-refractivity contribution in [2.75, 3.05) is 13.2 Å². The normalized spacial score (nSPS) is 29.1. The number of hydrogen-bond acceptors (Lipinski definition) is 5. The van der Waals surface area contributed by atoms with Crippen molar-refractivity contribution in [3.05, 3.63) is 57.3 Å². The van der Waals surface area contributed by atoms with Crippen LogP contribution in [0.1, 0.15) is 71.1 Å². The molecule has 1 N–H and O–H groups in total. The van der Waals surface area contributed by atoms with Crippen LogP contribution in [0.4, 0.5) is 0 Å². The van der Waals surface area contributed by atoms with Gasteiger partial charge in [0, 0.05) is 18.3 Å². The molecule has 4 bridgehead atoms. The Morgan fingerprint density at radius 2 is 1.74 bits per heavy atom. The summed E-state index contributed by atoms with van der Waals surface area (Å²) < 4.78 is 5.73. The molecule has 4 aliphatic carbocycles. The summed E-state index contributed by atoms with van der Waals surface area (Å²) in [5, 5.41) is 2.77. The largest absolute Gasteiger partial charge is 0.457 e. The minimum absolute atomic E-state index is 0.0615. The van der Waals surface area contributed by atoms with Crippen molar-refractivity contribution in [3.8, 4) is 0 Å². The van der Waals surface area contributed by atoms with Crippen molar-refractivity contribution >= 4 is 29.0 Å². The lowest BCUT2D eigenvalue weighted by atomic mass is 9.43. The van der Waals surface area contributed by atoms with Crippen LogP contribution < -0.4 is 5.32 Å². The predicted molar refractivity (Wildman–Crippen MR) is 132 cm³/mol. The Kier molecular flexibility index (Phi) is 6.13. The van der Waals surface area contributed by atoms with Crippen molar-refractivity contribution in [2.45, 2.75) is 64.2 Å². The van der Waals surface area contributed by atoms with Gasteiger partial charge in [0.2, 0.25) is 11.7 Å². The molecular formula is C28H33NO4S. The quantitative estimate of drug-likeness (QED) is 0.427. The lowest BCUT2D eigenvalue weighted by Gasteiger charge is -2.61. The van der Waals surface area contributed by atoms with Crippen LogP contribution >= 0.6 is 11.3 Å². The second kappa shape index (κ2) is 8.95. The molecule has 34 heavy (non-hydrogen) atoms. The first-order valence-corrected chi connectivity index (χ1v) is 13.2. The maximum absolute atomic E-state index is 13.5. The maximum Gasteiger partial charge on any atom is 0.312 e. The Labute approximate surface area is 205 Å². The second-order valence-corrected chi connectivity index (χ2v) is 12.1. The first-order valence-electron chi connectivity index (χ1n) is 12.4. The molecule has 6 heteroatoms. The van der Waals surface area contributed by atoms with Crippen LogP contribution in [0.5, 0.6) is 0 Å². The van der Waals surface area contributed by atoms with Gasteiger partial charge >= 0.3 is 5.97 Å². The van der Waals surface area contributed by atoms with E-state index in [-0.39, 0.29) is 29.7 Å². The van der Waals surface area contributed by atoms with Crippen LogP contribution in [0.15, 0.2) is 36.4 Å². The summed E-state index contributed by atoms with van der Waals surface area (Å²) in [5.74, 6) is 0.744. The molecule has 1 aromatic heterocycles. The molecule has 2 unspecified atom stereocenters. The summed E-state index contributed by atoms with van der Waals surface area (Å²) >= 11 is 1.41. The maximum atomic E-state index is 13.5. The number of nitrogens with one attached hydrogen (secondary N) is 1. The molecule has 180 valence electrons. The number of hydrogen-bond donors (Lipinski definition) is 1. The molecular weight excluding hydrogens is 446 g/mol. The number of carbonyl (C=O) groups is 3. The van der Waals surface area contributed by atoms with E-state index in [1.54, 1.807) is 6.07 Å². The van der Waals surface area contributed by atoms with E-state index in [2.05, 4.69) is 36.5 Å². The first-order chi connectivity index (χ1) is 16.3. The molecule has 4 fully saturated rings. The van der Waals surface area contributed by atoms with Gasteiger partial charge in [-0.15, -0.1) is 11.3 Å². The molecule has 5 nitrogen and oxygen atoms in total. The van der Waals surface area contributed by atoms with E-state index in [4.69, 9.17) is 4.74 Å². The lowest BCUT2D eigenvalue weighted by Crippen LogP contribution is -2.57. The monoisotopic (exact) mass is 479 g/mol. The van der Waals surface area contributed by atoms with Gasteiger partial charge < -0.3 is 10.1 Å². The van der Waals surface area contributed by atoms with Crippen LogP contribution in [0, 0.1) is 24.2 Å². The Bertz CT molecular complexity index is 1090. The van der Waals surface area contributed by atoms with Gasteiger partial charge in [0.1, 0.15) is 0 Å². The van der Waals surface area contributed by atoms with Gasteiger partial charge in [0.05, 0.1) is 10.3 Å². The zero-order chi connectivity index (χ0) is 23.9. The van der Waals surface area contributed by atoms with Crippen molar-refractivity contribution in [1.29, 1.82) is 0 Å². The number of Topliss-reactive ketones (excluding diaryl/α,β-unsaturated/α-hetero) is 1. The molecule has 0 spiro atoms. The van der Waals surface area contributed by atoms with Gasteiger partial charge in [0.25, 0.3) is 0 Å². The highest BCUT2D eigenvalue weighted by Gasteiger charge is 2.61. The fraction of sp³-hybridized carbons (Fsp3) is 0.536. The van der Waals surface area contributed by atoms with Gasteiger partial charge in [-0.25, -0.2) is 0 Å². The number of ketones is 1. The summed E-state index contributed by atoms with van der Waals surface area (Å²) in [5.41, 5.74) is 2.24. The highest BCUT2D eigenvalue weighted by atomic mass is 32.1. The summed E-state index contributed by atoms with van der Waals surface area (Å²) in [7, 11) is 0. The molecule has 4 aliphatic rings. The van der Waals surface area contributed by atoms with E-state index in [0.717, 1.165) is 37.0 Å². The SMILES string of the molecule is CC(=O)NCCc1ccc(C(=O)COC(=O)C23CC4CC(C2)CC(c2ccc(C)cc2)(C4)C3)s1. The fourth-order valence-electron chi connectivity index (χ4n) is 7.13. The number of amides is 1. The molecule has 0 saturated heterocycles. The molecule has 1 amide bonds. The van der Waals surface area contributed by atoms with E-state index in [9.17, 15) is 14.4 Å². The fourth-order valence-corrected chi connectivity index (χ4v) is 8.06. The van der Waals surface area contributed by atoms with Crippen LogP contribution in [-0.2, 0) is 26.2 Å². The lowest BCUT2D eigenvalue weighted by molar-refractivity contribution is -0.172. The van der Waals surface area contributed by atoms with Crippen molar-refractivity contribution in [1.82, 2.24) is 5.32 Å². The molecule has 2 aromatic rings. The Hall–Kier alpha value is -2.47. The zero-order valence-electron chi connectivity index (χ0n) is 20.0. The topological polar surface area (TPSA) is 72.5 Å². The molecule has 1 aromatic carbocycles. The standard InChI is InChI=1S/C28H33NO4S/c1-18-3-5-22(6-4-18)27-12-20-11-21(13-27)15-28(14-20,17-27)26(32)33-16-24(31)25-8-7-23(34-25)9-10-29-19(2)30/h3-8,20-21H,9-17H2,1-2H3,(H,29,30). The Balaban J connectivity index is 1.24. The van der Waals surface area contributed by atoms with Gasteiger partial charge in [-0.1, -0.05) is 29.8 Å². The van der Waals surface area contributed by atoms with Gasteiger partial charge in [-0.2, -0.15) is 0 Å². The molecule has 4 saturated carbocycles. The van der Waals surface area contributed by atoms with E-state index in [1.165, 1.54) is 35.8 Å². The third-order valence-corrected chi connectivity index (χ3v) is 9.36. The average molecular weight is 480 g/mol. The number of esters is 1. The Morgan fingerprint density at radius 1 is 1.03 bits per heavy atom. The Morgan fingerprint density at radius 3 is 2.41 bits per heavy atom. The third kappa shape index (κ3) is 4.45. The number of benzene rings is 1. The van der Waals surface area contributed by atoms with Gasteiger partial charge in [0.15, 0.2) is 6.61 Å². The number of rotatable bonds is 8. The van der Waals surface area contributed by atoms with Crippen LogP contribution in [0.3, 0.4) is 0 Å². The summed E-state index contributed by atoms with van der Waals surface area (Å²) in [6, 6.07) is 12.6.